The summed E-state index contributed by atoms with van der Waals surface area (Å²) in [7, 11) is 0. The Kier molecular flexibility index (Phi) is 5.51. The van der Waals surface area contributed by atoms with E-state index in [1.165, 1.54) is 0 Å². The van der Waals surface area contributed by atoms with Crippen LogP contribution in [0.15, 0.2) is 41.8 Å². The topological polar surface area (TPSA) is 90.5 Å². The number of fused-ring (bicyclic) bond motifs is 1. The van der Waals surface area contributed by atoms with Gasteiger partial charge in [0.1, 0.15) is 11.7 Å². The summed E-state index contributed by atoms with van der Waals surface area (Å²) < 4.78 is 0. The zero-order chi connectivity index (χ0) is 21.3. The van der Waals surface area contributed by atoms with Crippen LogP contribution in [0.25, 0.3) is 0 Å². The van der Waals surface area contributed by atoms with E-state index in [1.807, 2.05) is 42.6 Å². The lowest BCUT2D eigenvalue weighted by atomic mass is 9.95. The van der Waals surface area contributed by atoms with Crippen LogP contribution in [0.1, 0.15) is 54.4 Å². The van der Waals surface area contributed by atoms with E-state index < -0.39 is 11.7 Å². The van der Waals surface area contributed by atoms with E-state index in [0.717, 1.165) is 10.6 Å². The number of amides is 3. The van der Waals surface area contributed by atoms with Crippen LogP contribution in [0, 0.1) is 0 Å². The molecule has 0 aliphatic carbocycles. The molecule has 2 aliphatic heterocycles. The largest absolute Gasteiger partial charge is 0.362 e. The van der Waals surface area contributed by atoms with Gasteiger partial charge in [-0.3, -0.25) is 14.4 Å². The first-order valence-electron chi connectivity index (χ1n) is 10.2. The zero-order valence-electron chi connectivity index (χ0n) is 17.1. The molecule has 3 atom stereocenters. The third kappa shape index (κ3) is 3.92. The van der Waals surface area contributed by atoms with Gasteiger partial charge in [0.25, 0.3) is 5.91 Å². The van der Waals surface area contributed by atoms with Gasteiger partial charge < -0.3 is 20.9 Å². The van der Waals surface area contributed by atoms with Crippen LogP contribution in [-0.4, -0.2) is 40.9 Å². The van der Waals surface area contributed by atoms with Crippen molar-refractivity contribution in [2.45, 2.75) is 50.9 Å². The highest BCUT2D eigenvalue weighted by Crippen LogP contribution is 2.32. The molecule has 1 aromatic carbocycles. The summed E-state index contributed by atoms with van der Waals surface area (Å²) in [6, 6.07) is 10.6. The molecule has 3 N–H and O–H groups in total. The van der Waals surface area contributed by atoms with Gasteiger partial charge in [0.15, 0.2) is 0 Å². The smallest absolute Gasteiger partial charge is 0.255 e. The van der Waals surface area contributed by atoms with Crippen molar-refractivity contribution in [3.05, 3.63) is 52.2 Å². The van der Waals surface area contributed by atoms with E-state index in [2.05, 4.69) is 16.0 Å². The van der Waals surface area contributed by atoms with Crippen LogP contribution >= 0.6 is 11.3 Å². The minimum Gasteiger partial charge on any atom is -0.362 e. The molecule has 1 saturated heterocycles. The molecular formula is C22H26N4O3S. The van der Waals surface area contributed by atoms with Crippen LogP contribution in [0.4, 0.5) is 5.69 Å². The summed E-state index contributed by atoms with van der Waals surface area (Å²) in [5.74, 6) is -0.389. The Balaban J connectivity index is 1.45. The van der Waals surface area contributed by atoms with E-state index >= 15 is 0 Å². The Hall–Kier alpha value is -2.87. The van der Waals surface area contributed by atoms with E-state index in [4.69, 9.17) is 0 Å². The Morgan fingerprint density at radius 1 is 1.13 bits per heavy atom. The maximum atomic E-state index is 12.8. The number of nitrogens with zero attached hydrogens (tertiary/aromatic N) is 1. The molecule has 3 unspecified atom stereocenters. The second-order valence-electron chi connectivity index (χ2n) is 7.97. The molecule has 2 aromatic rings. The summed E-state index contributed by atoms with van der Waals surface area (Å²) in [6.45, 7) is 4.08. The second kappa shape index (κ2) is 8.10. The molecule has 1 aromatic heterocycles. The lowest BCUT2D eigenvalue weighted by Gasteiger charge is -2.40. The fraction of sp³-hybridized carbons (Fsp3) is 0.409. The van der Waals surface area contributed by atoms with E-state index in [-0.39, 0.29) is 30.2 Å². The lowest BCUT2D eigenvalue weighted by molar-refractivity contribution is -0.139. The standard InChI is InChI=1S/C22H26N4O3S/c1-14(18-8-5-13-30-18)23-20(28)15(2)26-12-11-22(10-9-19(26)27)24-17-7-4-3-6-16(17)21(29)25-22/h3-8,13-15,24H,9-12H2,1-2H3,(H,23,28)(H,25,29). The minimum atomic E-state index is -0.684. The number of carbonyl (C=O) groups is 3. The third-order valence-corrected chi connectivity index (χ3v) is 6.99. The highest BCUT2D eigenvalue weighted by Gasteiger charge is 2.41. The van der Waals surface area contributed by atoms with Gasteiger partial charge >= 0.3 is 0 Å². The SMILES string of the molecule is CC(NC(=O)C(C)N1CCC2(CCC1=O)NC(=O)c1ccccc1N2)c1cccs1. The number of hydrogen-bond acceptors (Lipinski definition) is 5. The molecule has 3 heterocycles. The van der Waals surface area contributed by atoms with E-state index in [9.17, 15) is 14.4 Å². The molecule has 0 radical (unpaired) electrons. The fourth-order valence-corrected chi connectivity index (χ4v) is 4.87. The fourth-order valence-electron chi connectivity index (χ4n) is 4.13. The average Bonchev–Trinajstić information content (AvgIpc) is 3.22. The number of carbonyl (C=O) groups excluding carboxylic acids is 3. The quantitative estimate of drug-likeness (QED) is 0.701. The number of thiophene rings is 1. The molecule has 30 heavy (non-hydrogen) atoms. The first-order valence-corrected chi connectivity index (χ1v) is 11.1. The summed E-state index contributed by atoms with van der Waals surface area (Å²) in [4.78, 5) is 40.9. The molecule has 1 spiro atoms. The van der Waals surface area contributed by atoms with Crippen molar-refractivity contribution in [2.24, 2.45) is 0 Å². The summed E-state index contributed by atoms with van der Waals surface area (Å²) in [6.07, 6.45) is 1.26. The number of hydrogen-bond donors (Lipinski definition) is 3. The van der Waals surface area contributed by atoms with Gasteiger partial charge in [0.05, 0.1) is 11.6 Å². The van der Waals surface area contributed by atoms with Gasteiger partial charge in [-0.1, -0.05) is 18.2 Å². The number of anilines is 1. The van der Waals surface area contributed by atoms with E-state index in [1.54, 1.807) is 29.2 Å². The van der Waals surface area contributed by atoms with Crippen molar-refractivity contribution in [1.82, 2.24) is 15.5 Å². The predicted octanol–water partition coefficient (Wildman–Crippen LogP) is 2.88. The summed E-state index contributed by atoms with van der Waals surface area (Å²) >= 11 is 1.59. The monoisotopic (exact) mass is 426 g/mol. The highest BCUT2D eigenvalue weighted by molar-refractivity contribution is 7.10. The molecular weight excluding hydrogens is 400 g/mol. The zero-order valence-corrected chi connectivity index (χ0v) is 17.9. The number of benzene rings is 1. The van der Waals surface area contributed by atoms with Crippen molar-refractivity contribution in [2.75, 3.05) is 11.9 Å². The minimum absolute atomic E-state index is 0.0757. The van der Waals surface area contributed by atoms with Crippen molar-refractivity contribution in [3.63, 3.8) is 0 Å². The molecule has 3 amide bonds. The van der Waals surface area contributed by atoms with Crippen molar-refractivity contribution in [3.8, 4) is 0 Å². The van der Waals surface area contributed by atoms with E-state index in [0.29, 0.717) is 24.9 Å². The normalized spacial score (nSPS) is 23.1. The Bertz CT molecular complexity index is 961. The maximum Gasteiger partial charge on any atom is 0.255 e. The van der Waals surface area contributed by atoms with Gasteiger partial charge in [-0.2, -0.15) is 0 Å². The van der Waals surface area contributed by atoms with Gasteiger partial charge in [0, 0.05) is 30.0 Å². The van der Waals surface area contributed by atoms with Gasteiger partial charge in [-0.15, -0.1) is 11.3 Å². The maximum absolute atomic E-state index is 12.8. The number of nitrogens with one attached hydrogen (secondary N) is 3. The molecule has 2 aliphatic rings. The first kappa shape index (κ1) is 20.4. The molecule has 1 fully saturated rings. The van der Waals surface area contributed by atoms with Crippen molar-refractivity contribution >= 4 is 34.7 Å². The second-order valence-corrected chi connectivity index (χ2v) is 8.94. The van der Waals surface area contributed by atoms with Crippen LogP contribution in [0.3, 0.4) is 0 Å². The summed E-state index contributed by atoms with van der Waals surface area (Å²) in [5, 5.41) is 11.5. The van der Waals surface area contributed by atoms with Gasteiger partial charge in [-0.25, -0.2) is 0 Å². The molecule has 0 bridgehead atoms. The predicted molar refractivity (Wildman–Crippen MR) is 116 cm³/mol. The van der Waals surface area contributed by atoms with Crippen molar-refractivity contribution < 1.29 is 14.4 Å². The van der Waals surface area contributed by atoms with Crippen LogP contribution in [0.5, 0.6) is 0 Å². The van der Waals surface area contributed by atoms with Gasteiger partial charge in [0.2, 0.25) is 11.8 Å². The van der Waals surface area contributed by atoms with Crippen LogP contribution in [-0.2, 0) is 9.59 Å². The third-order valence-electron chi connectivity index (χ3n) is 5.94. The van der Waals surface area contributed by atoms with Crippen LogP contribution in [0.2, 0.25) is 0 Å². The molecule has 8 heteroatoms. The Morgan fingerprint density at radius 3 is 2.70 bits per heavy atom. The first-order chi connectivity index (χ1) is 14.4. The number of rotatable bonds is 4. The average molecular weight is 427 g/mol. The summed E-state index contributed by atoms with van der Waals surface area (Å²) in [5.41, 5.74) is 0.694. The van der Waals surface area contributed by atoms with Gasteiger partial charge in [-0.05, 0) is 43.8 Å². The Labute approximate surface area is 179 Å². The molecule has 7 nitrogen and oxygen atoms in total. The Morgan fingerprint density at radius 2 is 1.93 bits per heavy atom. The number of para-hydroxylation sites is 1. The molecule has 0 saturated carbocycles. The van der Waals surface area contributed by atoms with Crippen LogP contribution < -0.4 is 16.0 Å². The number of likely N-dealkylation sites (tertiary alicyclic amines) is 1. The van der Waals surface area contributed by atoms with Crippen molar-refractivity contribution in [1.29, 1.82) is 0 Å². The highest BCUT2D eigenvalue weighted by atomic mass is 32.1. The molecule has 158 valence electrons. The molecule has 4 rings (SSSR count). The lowest BCUT2D eigenvalue weighted by Crippen LogP contribution is -2.58.